The number of anilines is 1. The number of thiazole rings is 1. The van der Waals surface area contributed by atoms with Crippen molar-refractivity contribution in [3.05, 3.63) is 56.5 Å². The summed E-state index contributed by atoms with van der Waals surface area (Å²) in [4.78, 5) is 38.3. The molecule has 2 aromatic heterocycles. The van der Waals surface area contributed by atoms with Gasteiger partial charge in [-0.1, -0.05) is 5.16 Å². The van der Waals surface area contributed by atoms with Crippen molar-refractivity contribution in [2.24, 2.45) is 5.16 Å². The van der Waals surface area contributed by atoms with E-state index in [1.54, 1.807) is 16.8 Å². The minimum atomic E-state index is -1.32. The second kappa shape index (κ2) is 10.4. The summed E-state index contributed by atoms with van der Waals surface area (Å²) in [5, 5.41) is 16.5. The topological polar surface area (TPSA) is 100 Å². The maximum absolute atomic E-state index is 15.2. The Labute approximate surface area is 212 Å². The lowest BCUT2D eigenvalue weighted by molar-refractivity contribution is 0.000402. The summed E-state index contributed by atoms with van der Waals surface area (Å²) in [6.07, 6.45) is 3.06. The van der Waals surface area contributed by atoms with Crippen molar-refractivity contribution in [3.63, 3.8) is 0 Å². The van der Waals surface area contributed by atoms with Crippen LogP contribution in [-0.2, 0) is 11.4 Å². The third-order valence-electron chi connectivity index (χ3n) is 5.92. The van der Waals surface area contributed by atoms with E-state index >= 15 is 4.39 Å². The zero-order chi connectivity index (χ0) is 26.0. The molecular formula is C25H30FN5O4S. The summed E-state index contributed by atoms with van der Waals surface area (Å²) in [7, 11) is 0. The van der Waals surface area contributed by atoms with E-state index in [4.69, 9.17) is 4.84 Å². The molecule has 0 atom stereocenters. The van der Waals surface area contributed by atoms with Crippen LogP contribution in [0, 0.1) is 5.82 Å². The zero-order valence-electron chi connectivity index (χ0n) is 20.8. The van der Waals surface area contributed by atoms with E-state index in [1.165, 1.54) is 17.5 Å². The summed E-state index contributed by atoms with van der Waals surface area (Å²) in [5.74, 6) is -1.86. The first-order valence-corrected chi connectivity index (χ1v) is 12.7. The lowest BCUT2D eigenvalue weighted by atomic mass is 10.1. The molecule has 1 N–H and O–H groups in total. The van der Waals surface area contributed by atoms with Crippen LogP contribution in [0.25, 0.3) is 10.9 Å². The van der Waals surface area contributed by atoms with Crippen LogP contribution in [0.5, 0.6) is 0 Å². The smallest absolute Gasteiger partial charge is 0.341 e. The lowest BCUT2D eigenvalue weighted by Crippen LogP contribution is -2.48. The third kappa shape index (κ3) is 5.57. The predicted octanol–water partition coefficient (Wildman–Crippen LogP) is 3.66. The van der Waals surface area contributed by atoms with Gasteiger partial charge in [-0.2, -0.15) is 0 Å². The highest BCUT2D eigenvalue weighted by Crippen LogP contribution is 2.26. The Morgan fingerprint density at radius 3 is 2.56 bits per heavy atom. The van der Waals surface area contributed by atoms with Gasteiger partial charge in [-0.25, -0.2) is 14.2 Å². The van der Waals surface area contributed by atoms with Crippen LogP contribution >= 0.6 is 11.3 Å². The summed E-state index contributed by atoms with van der Waals surface area (Å²) < 4.78 is 16.8. The lowest BCUT2D eigenvalue weighted by Gasteiger charge is -2.36. The first-order valence-electron chi connectivity index (χ1n) is 11.8. The number of piperazine rings is 1. The summed E-state index contributed by atoms with van der Waals surface area (Å²) in [6, 6.07) is 2.81. The number of benzene rings is 1. The molecule has 0 aliphatic carbocycles. The number of pyridine rings is 1. The van der Waals surface area contributed by atoms with Crippen LogP contribution in [0.2, 0.25) is 0 Å². The molecule has 11 heteroatoms. The summed E-state index contributed by atoms with van der Waals surface area (Å²) in [5.41, 5.74) is 0.216. The van der Waals surface area contributed by atoms with Crippen molar-refractivity contribution in [2.75, 3.05) is 37.6 Å². The van der Waals surface area contributed by atoms with E-state index in [2.05, 4.69) is 15.0 Å². The molecule has 3 aromatic rings. The first-order chi connectivity index (χ1) is 17.1. The molecule has 4 rings (SSSR count). The molecule has 0 saturated carbocycles. The van der Waals surface area contributed by atoms with Gasteiger partial charge in [0.15, 0.2) is 0 Å². The number of halogens is 1. The average molecular weight is 516 g/mol. The quantitative estimate of drug-likeness (QED) is 0.379. The van der Waals surface area contributed by atoms with Crippen molar-refractivity contribution in [1.29, 1.82) is 0 Å². The largest absolute Gasteiger partial charge is 0.477 e. The van der Waals surface area contributed by atoms with Gasteiger partial charge in [0.05, 0.1) is 11.2 Å². The Balaban J connectivity index is 1.54. The minimum Gasteiger partial charge on any atom is -0.477 e. The number of fused-ring (bicyclic) bond motifs is 1. The van der Waals surface area contributed by atoms with E-state index in [9.17, 15) is 14.7 Å². The highest BCUT2D eigenvalue weighted by Gasteiger charge is 2.24. The SMILES string of the molecule is CCn1cc(C(=O)O)c(=O)c2cc(F)c(N3CCN(C/C(=N\OC(C)(C)C)c4nccs4)CC3)cc21. The maximum Gasteiger partial charge on any atom is 0.341 e. The van der Waals surface area contributed by atoms with E-state index in [0.29, 0.717) is 50.5 Å². The number of aromatic carboxylic acids is 1. The predicted molar refractivity (Wildman–Crippen MR) is 139 cm³/mol. The highest BCUT2D eigenvalue weighted by atomic mass is 32.1. The number of nitrogens with zero attached hydrogens (tertiary/aromatic N) is 5. The molecule has 1 aliphatic heterocycles. The monoisotopic (exact) mass is 515 g/mol. The highest BCUT2D eigenvalue weighted by molar-refractivity contribution is 7.11. The fraction of sp³-hybridized carbons (Fsp3) is 0.440. The van der Waals surface area contributed by atoms with Gasteiger partial charge in [0, 0.05) is 62.4 Å². The summed E-state index contributed by atoms with van der Waals surface area (Å²) >= 11 is 1.50. The Bertz CT molecular complexity index is 1340. The Morgan fingerprint density at radius 2 is 1.97 bits per heavy atom. The number of rotatable bonds is 7. The van der Waals surface area contributed by atoms with Gasteiger partial charge in [-0.3, -0.25) is 9.69 Å². The molecule has 1 saturated heterocycles. The number of hydrogen-bond acceptors (Lipinski definition) is 8. The molecular weight excluding hydrogens is 485 g/mol. The average Bonchev–Trinajstić information content (AvgIpc) is 3.36. The second-order valence-electron chi connectivity index (χ2n) is 9.63. The molecule has 0 unspecified atom stereocenters. The number of hydrogen-bond donors (Lipinski definition) is 1. The Kier molecular flexibility index (Phi) is 7.41. The molecule has 0 spiro atoms. The van der Waals surface area contributed by atoms with Crippen molar-refractivity contribution in [1.82, 2.24) is 14.5 Å². The summed E-state index contributed by atoms with van der Waals surface area (Å²) in [6.45, 7) is 11.2. The Morgan fingerprint density at radius 1 is 1.25 bits per heavy atom. The number of aromatic nitrogens is 2. The minimum absolute atomic E-state index is 0.0692. The van der Waals surface area contributed by atoms with E-state index in [0.717, 1.165) is 16.8 Å². The van der Waals surface area contributed by atoms with E-state index in [-0.39, 0.29) is 10.9 Å². The molecule has 1 aromatic carbocycles. The standard InChI is InChI=1S/C25H30FN5O4S/c1-5-30-14-17(24(33)34)22(32)16-12-18(26)21(13-20(16)30)31-9-7-29(8-10-31)15-19(23-27-6-11-36-23)28-35-25(2,3)4/h6,11-14H,5,7-10,15H2,1-4H3,(H,33,34)/b28-19+. The van der Waals surface area contributed by atoms with E-state index in [1.807, 2.05) is 38.0 Å². The molecule has 1 aliphatic rings. The van der Waals surface area contributed by atoms with Gasteiger partial charge in [0.2, 0.25) is 5.43 Å². The van der Waals surface area contributed by atoms with Gasteiger partial charge >= 0.3 is 5.97 Å². The van der Waals surface area contributed by atoms with Crippen LogP contribution in [0.1, 0.15) is 43.1 Å². The number of aryl methyl sites for hydroxylation is 1. The molecule has 0 amide bonds. The van der Waals surface area contributed by atoms with Gasteiger partial charge in [0.1, 0.15) is 27.7 Å². The number of carbonyl (C=O) groups is 1. The molecule has 1 fully saturated rings. The second-order valence-corrected chi connectivity index (χ2v) is 10.5. The van der Waals surface area contributed by atoms with Crippen LogP contribution in [-0.4, -0.2) is 69.6 Å². The molecule has 0 bridgehead atoms. The van der Waals surface area contributed by atoms with Crippen molar-refractivity contribution >= 4 is 39.6 Å². The zero-order valence-corrected chi connectivity index (χ0v) is 21.6. The van der Waals surface area contributed by atoms with E-state index < -0.39 is 22.8 Å². The third-order valence-corrected chi connectivity index (χ3v) is 6.74. The van der Waals surface area contributed by atoms with Crippen LogP contribution in [0.15, 0.2) is 39.9 Å². The number of carboxylic acids is 1. The number of carboxylic acid groups (broad SMARTS) is 1. The molecule has 36 heavy (non-hydrogen) atoms. The molecule has 192 valence electrons. The van der Waals surface area contributed by atoms with Gasteiger partial charge in [-0.15, -0.1) is 11.3 Å². The van der Waals surface area contributed by atoms with Gasteiger partial charge < -0.3 is 19.4 Å². The van der Waals surface area contributed by atoms with Crippen molar-refractivity contribution in [3.8, 4) is 0 Å². The molecule has 3 heterocycles. The normalized spacial score (nSPS) is 15.5. The fourth-order valence-electron chi connectivity index (χ4n) is 4.11. The fourth-order valence-corrected chi connectivity index (χ4v) is 4.72. The Hall–Kier alpha value is -3.31. The van der Waals surface area contributed by atoms with Crippen molar-refractivity contribution < 1.29 is 19.1 Å². The molecule has 9 nitrogen and oxygen atoms in total. The maximum atomic E-state index is 15.2. The first kappa shape index (κ1) is 25.8. The van der Waals surface area contributed by atoms with Crippen LogP contribution in [0.3, 0.4) is 0 Å². The van der Waals surface area contributed by atoms with Crippen LogP contribution < -0.4 is 10.3 Å². The number of oxime groups is 1. The van der Waals surface area contributed by atoms with Gasteiger partial charge in [0.25, 0.3) is 0 Å². The molecule has 0 radical (unpaired) electrons. The van der Waals surface area contributed by atoms with Gasteiger partial charge in [-0.05, 0) is 39.8 Å². The van der Waals surface area contributed by atoms with Crippen LogP contribution in [0.4, 0.5) is 10.1 Å². The van der Waals surface area contributed by atoms with Crippen molar-refractivity contribution in [2.45, 2.75) is 39.8 Å².